The van der Waals surface area contributed by atoms with Crippen molar-refractivity contribution in [3.63, 3.8) is 0 Å². The Morgan fingerprint density at radius 2 is 2.00 bits per heavy atom. The summed E-state index contributed by atoms with van der Waals surface area (Å²) < 4.78 is 1.75. The number of H-pyrrole nitrogens is 1. The zero-order chi connectivity index (χ0) is 16.4. The third-order valence-corrected chi connectivity index (χ3v) is 3.60. The van der Waals surface area contributed by atoms with Crippen LogP contribution < -0.4 is 5.56 Å². The standard InChI is InChI=1S/C15H15N5O3/c1-2-3-12-13-14(15(21)17-9-16-13)18-19(12)8-10-4-6-11(7-5-10)20(22)23/h4-7,9H,2-3,8H2,1H3,(H,16,17,21). The van der Waals surface area contributed by atoms with E-state index >= 15 is 0 Å². The Morgan fingerprint density at radius 1 is 1.26 bits per heavy atom. The molecular weight excluding hydrogens is 298 g/mol. The summed E-state index contributed by atoms with van der Waals surface area (Å²) in [5.41, 5.74) is 2.47. The van der Waals surface area contributed by atoms with E-state index in [4.69, 9.17) is 0 Å². The van der Waals surface area contributed by atoms with Gasteiger partial charge in [-0.15, -0.1) is 0 Å². The van der Waals surface area contributed by atoms with Crippen LogP contribution in [0.3, 0.4) is 0 Å². The van der Waals surface area contributed by atoms with Gasteiger partial charge in [0.1, 0.15) is 5.52 Å². The summed E-state index contributed by atoms with van der Waals surface area (Å²) in [5, 5.41) is 15.1. The highest BCUT2D eigenvalue weighted by Gasteiger charge is 2.15. The molecule has 3 rings (SSSR count). The number of aromatic amines is 1. The van der Waals surface area contributed by atoms with Crippen molar-refractivity contribution in [2.75, 3.05) is 0 Å². The van der Waals surface area contributed by atoms with Crippen molar-refractivity contribution in [2.24, 2.45) is 0 Å². The first-order valence-electron chi connectivity index (χ1n) is 7.26. The van der Waals surface area contributed by atoms with Crippen LogP contribution in [0, 0.1) is 10.1 Å². The molecule has 0 aliphatic heterocycles. The lowest BCUT2D eigenvalue weighted by Gasteiger charge is -2.06. The van der Waals surface area contributed by atoms with Crippen LogP contribution in [0.15, 0.2) is 35.4 Å². The summed E-state index contributed by atoms with van der Waals surface area (Å²) in [6.07, 6.45) is 3.02. The van der Waals surface area contributed by atoms with Gasteiger partial charge in [0.15, 0.2) is 5.52 Å². The van der Waals surface area contributed by atoms with Gasteiger partial charge in [-0.25, -0.2) is 4.98 Å². The van der Waals surface area contributed by atoms with E-state index in [-0.39, 0.29) is 11.2 Å². The van der Waals surface area contributed by atoms with E-state index in [2.05, 4.69) is 15.1 Å². The predicted octanol–water partition coefficient (Wildman–Crippen LogP) is 2.03. The van der Waals surface area contributed by atoms with Crippen LogP contribution in [0.1, 0.15) is 24.6 Å². The number of non-ortho nitro benzene ring substituents is 1. The zero-order valence-corrected chi connectivity index (χ0v) is 12.5. The van der Waals surface area contributed by atoms with Gasteiger partial charge >= 0.3 is 0 Å². The number of fused-ring (bicyclic) bond motifs is 1. The first-order valence-corrected chi connectivity index (χ1v) is 7.26. The molecule has 0 saturated heterocycles. The molecule has 118 valence electrons. The fourth-order valence-electron chi connectivity index (χ4n) is 2.51. The molecule has 0 unspecified atom stereocenters. The van der Waals surface area contributed by atoms with Crippen LogP contribution in [0.4, 0.5) is 5.69 Å². The number of nitrogens with one attached hydrogen (secondary N) is 1. The van der Waals surface area contributed by atoms with E-state index in [9.17, 15) is 14.9 Å². The lowest BCUT2D eigenvalue weighted by molar-refractivity contribution is -0.384. The monoisotopic (exact) mass is 313 g/mol. The maximum Gasteiger partial charge on any atom is 0.279 e. The highest BCUT2D eigenvalue weighted by Crippen LogP contribution is 2.18. The Hall–Kier alpha value is -3.03. The van der Waals surface area contributed by atoms with Gasteiger partial charge in [-0.2, -0.15) is 5.10 Å². The lowest BCUT2D eigenvalue weighted by atomic mass is 10.2. The quantitative estimate of drug-likeness (QED) is 0.573. The van der Waals surface area contributed by atoms with E-state index in [1.54, 1.807) is 16.8 Å². The van der Waals surface area contributed by atoms with Crippen LogP contribution in [0.2, 0.25) is 0 Å². The molecule has 3 aromatic rings. The smallest absolute Gasteiger partial charge is 0.279 e. The van der Waals surface area contributed by atoms with E-state index < -0.39 is 4.92 Å². The first-order chi connectivity index (χ1) is 11.1. The first kappa shape index (κ1) is 14.9. The predicted molar refractivity (Wildman–Crippen MR) is 84.3 cm³/mol. The Kier molecular flexibility index (Phi) is 3.88. The Morgan fingerprint density at radius 3 is 2.65 bits per heavy atom. The van der Waals surface area contributed by atoms with Crippen molar-refractivity contribution < 1.29 is 4.92 Å². The number of nitrogens with zero attached hydrogens (tertiary/aromatic N) is 4. The molecule has 0 amide bonds. The number of nitro benzene ring substituents is 1. The van der Waals surface area contributed by atoms with Crippen molar-refractivity contribution in [1.29, 1.82) is 0 Å². The van der Waals surface area contributed by atoms with Crippen LogP contribution >= 0.6 is 0 Å². The van der Waals surface area contributed by atoms with Crippen molar-refractivity contribution in [3.05, 3.63) is 62.3 Å². The molecular formula is C15H15N5O3. The fourth-order valence-corrected chi connectivity index (χ4v) is 2.51. The second-order valence-corrected chi connectivity index (χ2v) is 5.21. The Balaban J connectivity index is 2.01. The summed E-state index contributed by atoms with van der Waals surface area (Å²) in [4.78, 5) is 28.9. The minimum absolute atomic E-state index is 0.0475. The molecule has 23 heavy (non-hydrogen) atoms. The van der Waals surface area contributed by atoms with Crippen molar-refractivity contribution in [2.45, 2.75) is 26.3 Å². The molecule has 1 N–H and O–H groups in total. The normalized spacial score (nSPS) is 11.0. The molecule has 2 aromatic heterocycles. The van der Waals surface area contributed by atoms with Crippen molar-refractivity contribution in [1.82, 2.24) is 19.7 Å². The fraction of sp³-hybridized carbons (Fsp3) is 0.267. The molecule has 0 aliphatic rings. The SMILES string of the molecule is CCCc1c2nc[nH]c(=O)c2nn1Cc1ccc([N+](=O)[O-])cc1. The van der Waals surface area contributed by atoms with Crippen LogP contribution in [-0.2, 0) is 13.0 Å². The Bertz CT molecular complexity index is 911. The van der Waals surface area contributed by atoms with E-state index in [0.717, 1.165) is 24.1 Å². The number of rotatable bonds is 5. The van der Waals surface area contributed by atoms with Gasteiger partial charge in [-0.3, -0.25) is 19.6 Å². The average molecular weight is 313 g/mol. The van der Waals surface area contributed by atoms with Crippen LogP contribution in [0.25, 0.3) is 11.0 Å². The highest BCUT2D eigenvalue weighted by molar-refractivity contribution is 5.75. The van der Waals surface area contributed by atoms with E-state index in [1.165, 1.54) is 18.5 Å². The molecule has 8 heteroatoms. The van der Waals surface area contributed by atoms with Gasteiger partial charge in [0.2, 0.25) is 0 Å². The second-order valence-electron chi connectivity index (χ2n) is 5.21. The molecule has 0 spiro atoms. The molecule has 1 aromatic carbocycles. The average Bonchev–Trinajstić information content (AvgIpc) is 2.88. The van der Waals surface area contributed by atoms with E-state index in [0.29, 0.717) is 17.6 Å². The van der Waals surface area contributed by atoms with Gasteiger partial charge in [-0.1, -0.05) is 25.5 Å². The summed E-state index contributed by atoms with van der Waals surface area (Å²) in [5.74, 6) is 0. The van der Waals surface area contributed by atoms with Crippen LogP contribution in [0.5, 0.6) is 0 Å². The zero-order valence-electron chi connectivity index (χ0n) is 12.5. The minimum atomic E-state index is -0.433. The molecule has 0 fully saturated rings. The van der Waals surface area contributed by atoms with Gasteiger partial charge in [0, 0.05) is 12.1 Å². The molecule has 0 atom stereocenters. The molecule has 0 aliphatic carbocycles. The largest absolute Gasteiger partial charge is 0.311 e. The maximum absolute atomic E-state index is 11.9. The third-order valence-electron chi connectivity index (χ3n) is 3.60. The molecule has 0 bridgehead atoms. The summed E-state index contributed by atoms with van der Waals surface area (Å²) in [6, 6.07) is 6.31. The van der Waals surface area contributed by atoms with Gasteiger partial charge in [0.25, 0.3) is 11.2 Å². The van der Waals surface area contributed by atoms with Crippen LogP contribution in [-0.4, -0.2) is 24.7 Å². The molecule has 2 heterocycles. The number of hydrogen-bond donors (Lipinski definition) is 1. The number of hydrogen-bond acceptors (Lipinski definition) is 5. The third kappa shape index (κ3) is 2.83. The summed E-state index contributed by atoms with van der Waals surface area (Å²) in [6.45, 7) is 2.48. The number of nitro groups is 1. The number of benzene rings is 1. The van der Waals surface area contributed by atoms with Gasteiger partial charge in [0.05, 0.1) is 23.5 Å². The number of aromatic nitrogens is 4. The summed E-state index contributed by atoms with van der Waals surface area (Å²) >= 11 is 0. The minimum Gasteiger partial charge on any atom is -0.311 e. The number of aryl methyl sites for hydroxylation is 1. The van der Waals surface area contributed by atoms with Crippen molar-refractivity contribution >= 4 is 16.7 Å². The van der Waals surface area contributed by atoms with Gasteiger partial charge in [-0.05, 0) is 12.0 Å². The summed E-state index contributed by atoms with van der Waals surface area (Å²) in [7, 11) is 0. The van der Waals surface area contributed by atoms with Gasteiger partial charge < -0.3 is 4.98 Å². The topological polar surface area (TPSA) is 107 Å². The molecule has 0 saturated carbocycles. The van der Waals surface area contributed by atoms with Crippen molar-refractivity contribution in [3.8, 4) is 0 Å². The highest BCUT2D eigenvalue weighted by atomic mass is 16.6. The Labute approximate surface area is 130 Å². The lowest BCUT2D eigenvalue weighted by Crippen LogP contribution is -2.07. The molecule has 0 radical (unpaired) electrons. The van der Waals surface area contributed by atoms with E-state index in [1.807, 2.05) is 6.92 Å². The second kappa shape index (κ2) is 5.99. The molecule has 8 nitrogen and oxygen atoms in total. The maximum atomic E-state index is 11.9.